The van der Waals surface area contributed by atoms with Crippen LogP contribution in [0.5, 0.6) is 5.75 Å². The molecule has 9 heteroatoms. The Morgan fingerprint density at radius 2 is 1.75 bits per heavy atom. The number of carbonyl (C=O) groups is 4. The third-order valence-electron chi connectivity index (χ3n) is 9.83. The molecule has 2 aromatic rings. The van der Waals surface area contributed by atoms with E-state index in [0.29, 0.717) is 11.1 Å². The smallest absolute Gasteiger partial charge is 0.203 e. The number of allylic oxidation sites excluding steroid dienone is 1. The van der Waals surface area contributed by atoms with Crippen molar-refractivity contribution >= 4 is 28.9 Å². The Morgan fingerprint density at radius 1 is 1.07 bits per heavy atom. The quantitative estimate of drug-likeness (QED) is 0.332. The van der Waals surface area contributed by atoms with E-state index in [4.69, 9.17) is 4.74 Å². The van der Waals surface area contributed by atoms with Gasteiger partial charge >= 0.3 is 0 Å². The number of aliphatic hydroxyl groups is 3. The molecule has 4 N–H and O–H groups in total. The summed E-state index contributed by atoms with van der Waals surface area (Å²) in [5.74, 6) is -5.69. The number of ether oxygens (including phenoxy) is 1. The number of hydrogen-bond donors (Lipinski definition) is 4. The molecule has 1 fully saturated rings. The van der Waals surface area contributed by atoms with Crippen LogP contribution in [0.25, 0.3) is 16.9 Å². The van der Waals surface area contributed by atoms with Crippen molar-refractivity contribution in [2.24, 2.45) is 22.7 Å². The largest absolute Gasteiger partial charge is 0.508 e. The number of aromatic hydroxyl groups is 1. The van der Waals surface area contributed by atoms with Gasteiger partial charge in [0.2, 0.25) is 5.78 Å². The molecule has 0 heterocycles. The van der Waals surface area contributed by atoms with Crippen LogP contribution in [-0.2, 0) is 36.8 Å². The molecule has 0 amide bonds. The fourth-order valence-electron chi connectivity index (χ4n) is 8.28. The number of fused-ring (bicyclic) bond motifs is 3. The van der Waals surface area contributed by atoms with Crippen LogP contribution in [0.4, 0.5) is 0 Å². The maximum Gasteiger partial charge on any atom is 0.203 e. The second-order valence-electron chi connectivity index (χ2n) is 13.3. The molecule has 0 bridgehead atoms. The lowest BCUT2D eigenvalue weighted by atomic mass is 9.43. The summed E-state index contributed by atoms with van der Waals surface area (Å²) in [6, 6.07) is 10.5. The first-order valence-electron chi connectivity index (χ1n) is 14.7. The maximum absolute atomic E-state index is 14.5. The SMILES string of the molecule is COCC(=O)Cc1cccc(-c2ccc(O)c3c2C[C@]2(C)C[C@]4(C)C(C(C)C)C(=O)C(C(C)=O)=C(O)[C@]4(O)C(=O)C2=C3O)c1. The van der Waals surface area contributed by atoms with Gasteiger partial charge in [0.1, 0.15) is 29.4 Å². The van der Waals surface area contributed by atoms with Crippen LogP contribution >= 0.6 is 0 Å². The number of hydrogen-bond acceptors (Lipinski definition) is 9. The summed E-state index contributed by atoms with van der Waals surface area (Å²) < 4.78 is 4.95. The summed E-state index contributed by atoms with van der Waals surface area (Å²) in [6.45, 7) is 7.96. The van der Waals surface area contributed by atoms with Gasteiger partial charge in [-0.2, -0.15) is 0 Å². The Hall–Kier alpha value is -4.08. The normalized spacial score (nSPS) is 28.1. The van der Waals surface area contributed by atoms with Gasteiger partial charge in [0.15, 0.2) is 23.0 Å². The molecule has 1 saturated carbocycles. The minimum Gasteiger partial charge on any atom is -0.508 e. The topological polar surface area (TPSA) is 158 Å². The molecule has 0 spiro atoms. The number of benzene rings is 2. The van der Waals surface area contributed by atoms with Crippen LogP contribution < -0.4 is 0 Å². The number of phenolic OH excluding ortho intramolecular Hbond substituents is 1. The Morgan fingerprint density at radius 3 is 2.36 bits per heavy atom. The fraction of sp³-hybridized carbons (Fsp3) is 0.429. The molecule has 0 aromatic heterocycles. The van der Waals surface area contributed by atoms with Crippen LogP contribution in [-0.4, -0.2) is 62.9 Å². The number of rotatable bonds is 7. The van der Waals surface area contributed by atoms with E-state index in [9.17, 15) is 39.6 Å². The molecule has 44 heavy (non-hydrogen) atoms. The first kappa shape index (κ1) is 31.3. The Kier molecular flexibility index (Phi) is 7.50. The molecular formula is C35H38O9. The first-order chi connectivity index (χ1) is 20.5. The lowest BCUT2D eigenvalue weighted by Crippen LogP contribution is -2.69. The standard InChI is InChI=1S/C35H38O9/c1-17(2)27-29(39)25(18(3)36)31(41)35(43)32(42)28-30(40)26-23(14-33(28,4)16-34(27,35)5)22(10-11-24(26)38)20-9-7-8-19(12-20)13-21(37)15-44-6/h7-12,17,27,38,40-41,43H,13-16H2,1-6H3/t27?,33-,34-,35+/m1/s1. The minimum atomic E-state index is -2.66. The van der Waals surface area contributed by atoms with Crippen LogP contribution in [0.15, 0.2) is 53.3 Å². The molecule has 0 aliphatic heterocycles. The molecule has 4 atom stereocenters. The molecule has 232 valence electrons. The molecule has 3 aliphatic rings. The van der Waals surface area contributed by atoms with Gasteiger partial charge in [-0.1, -0.05) is 58.0 Å². The van der Waals surface area contributed by atoms with Crippen molar-refractivity contribution in [2.75, 3.05) is 13.7 Å². The monoisotopic (exact) mass is 602 g/mol. The molecule has 0 radical (unpaired) electrons. The molecule has 1 unspecified atom stereocenters. The average Bonchev–Trinajstić information content (AvgIpc) is 2.90. The zero-order valence-corrected chi connectivity index (χ0v) is 25.8. The highest BCUT2D eigenvalue weighted by Gasteiger charge is 2.72. The van der Waals surface area contributed by atoms with E-state index in [1.807, 2.05) is 24.3 Å². The van der Waals surface area contributed by atoms with E-state index in [2.05, 4.69) is 0 Å². The number of Topliss-reactive ketones (excluding diaryl/α,β-unsaturated/α-hetero) is 4. The van der Waals surface area contributed by atoms with E-state index >= 15 is 0 Å². The van der Waals surface area contributed by atoms with Gasteiger partial charge in [-0.3, -0.25) is 19.2 Å². The van der Waals surface area contributed by atoms with Gasteiger partial charge in [-0.15, -0.1) is 0 Å². The van der Waals surface area contributed by atoms with Gasteiger partial charge in [0, 0.05) is 35.9 Å². The summed E-state index contributed by atoms with van der Waals surface area (Å²) in [7, 11) is 1.45. The second kappa shape index (κ2) is 10.5. The van der Waals surface area contributed by atoms with Crippen LogP contribution in [0.1, 0.15) is 57.7 Å². The average molecular weight is 603 g/mol. The lowest BCUT2D eigenvalue weighted by Gasteiger charge is -2.59. The summed E-state index contributed by atoms with van der Waals surface area (Å²) in [5, 5.41) is 46.2. The number of ketones is 4. The molecular weight excluding hydrogens is 564 g/mol. The van der Waals surface area contributed by atoms with Crippen molar-refractivity contribution in [3.05, 3.63) is 70.0 Å². The Labute approximate surface area is 255 Å². The van der Waals surface area contributed by atoms with E-state index in [0.717, 1.165) is 18.1 Å². The third-order valence-corrected chi connectivity index (χ3v) is 9.83. The van der Waals surface area contributed by atoms with Crippen molar-refractivity contribution in [2.45, 2.75) is 59.5 Å². The summed E-state index contributed by atoms with van der Waals surface area (Å²) in [5.41, 5.74) is -3.37. The fourth-order valence-corrected chi connectivity index (χ4v) is 8.28. The van der Waals surface area contributed by atoms with E-state index < -0.39 is 62.7 Å². The summed E-state index contributed by atoms with van der Waals surface area (Å²) in [6.07, 6.45) is 0.314. The molecule has 5 rings (SSSR count). The lowest BCUT2D eigenvalue weighted by molar-refractivity contribution is -0.178. The van der Waals surface area contributed by atoms with Gasteiger partial charge < -0.3 is 25.2 Å². The molecule has 9 nitrogen and oxygen atoms in total. The highest BCUT2D eigenvalue weighted by atomic mass is 16.5. The first-order valence-corrected chi connectivity index (χ1v) is 14.7. The molecule has 3 aliphatic carbocycles. The van der Waals surface area contributed by atoms with Crippen LogP contribution in [0.3, 0.4) is 0 Å². The second-order valence-corrected chi connectivity index (χ2v) is 13.3. The molecule has 2 aromatic carbocycles. The maximum atomic E-state index is 14.5. The number of methoxy groups -OCH3 is 1. The zero-order valence-electron chi connectivity index (χ0n) is 25.8. The predicted octanol–water partition coefficient (Wildman–Crippen LogP) is 4.61. The van der Waals surface area contributed by atoms with Crippen LogP contribution in [0.2, 0.25) is 0 Å². The Bertz CT molecular complexity index is 1700. The number of phenols is 1. The van der Waals surface area contributed by atoms with Crippen molar-refractivity contribution in [3.8, 4) is 16.9 Å². The van der Waals surface area contributed by atoms with Crippen molar-refractivity contribution in [1.29, 1.82) is 0 Å². The summed E-state index contributed by atoms with van der Waals surface area (Å²) in [4.78, 5) is 52.9. The van der Waals surface area contributed by atoms with Crippen molar-refractivity contribution in [1.82, 2.24) is 0 Å². The Balaban J connectivity index is 1.74. The van der Waals surface area contributed by atoms with Gasteiger partial charge in [-0.25, -0.2) is 0 Å². The number of carbonyl (C=O) groups excluding carboxylic acids is 4. The van der Waals surface area contributed by atoms with Gasteiger partial charge in [0.05, 0.1) is 5.56 Å². The molecule has 0 saturated heterocycles. The van der Waals surface area contributed by atoms with Crippen LogP contribution in [0, 0.1) is 22.7 Å². The summed E-state index contributed by atoms with van der Waals surface area (Å²) >= 11 is 0. The van der Waals surface area contributed by atoms with E-state index in [1.165, 1.54) is 13.2 Å². The predicted molar refractivity (Wildman–Crippen MR) is 162 cm³/mol. The zero-order chi connectivity index (χ0) is 32.5. The van der Waals surface area contributed by atoms with Gasteiger partial charge in [-0.05, 0) is 54.0 Å². The highest BCUT2D eigenvalue weighted by Crippen LogP contribution is 2.65. The minimum absolute atomic E-state index is 0.00552. The third kappa shape index (κ3) is 4.28. The van der Waals surface area contributed by atoms with E-state index in [1.54, 1.807) is 33.8 Å². The van der Waals surface area contributed by atoms with E-state index in [-0.39, 0.29) is 48.5 Å². The van der Waals surface area contributed by atoms with Gasteiger partial charge in [0.25, 0.3) is 0 Å². The van der Waals surface area contributed by atoms with Crippen molar-refractivity contribution in [3.63, 3.8) is 0 Å². The van der Waals surface area contributed by atoms with Crippen molar-refractivity contribution < 1.29 is 44.3 Å². The highest BCUT2D eigenvalue weighted by molar-refractivity contribution is 6.24. The number of aliphatic hydroxyl groups excluding tert-OH is 2.